The van der Waals surface area contributed by atoms with Gasteiger partial charge in [-0.05, 0) is 72.5 Å². The van der Waals surface area contributed by atoms with Gasteiger partial charge in [-0.25, -0.2) is 9.28 Å². The molecule has 3 atom stereocenters. The number of carboxylic acids is 1. The maximum Gasteiger partial charge on any atom is 0.491 e. The van der Waals surface area contributed by atoms with E-state index < -0.39 is 44.2 Å². The highest BCUT2D eigenvalue weighted by Crippen LogP contribution is 2.35. The number of hydrogen-bond acceptors (Lipinski definition) is 8. The number of benzene rings is 2. The minimum atomic E-state index is -1.14. The lowest BCUT2D eigenvalue weighted by Crippen LogP contribution is -2.63. The fourth-order valence-corrected chi connectivity index (χ4v) is 6.77. The van der Waals surface area contributed by atoms with Gasteiger partial charge < -0.3 is 34.7 Å². The molecule has 14 heteroatoms. The molecule has 0 spiro atoms. The Kier molecular flexibility index (Phi) is 7.90. The second kappa shape index (κ2) is 11.5. The van der Waals surface area contributed by atoms with Crippen LogP contribution in [0.15, 0.2) is 36.4 Å². The van der Waals surface area contributed by atoms with Crippen molar-refractivity contribution < 1.29 is 48.1 Å². The predicted octanol–water partition coefficient (Wildman–Crippen LogP) is -0.864. The molecule has 4 aliphatic rings. The SMILES string of the molecule is C[C@H](NC(=O)c1ccc2c(c1)B(O)OC2)[C@@H](C(=O)N1CCCC[C@H]1CC(=O)O)[N+]1(C(=O)c2ccc3c(c2)B(O)OC3)CC1. The largest absolute Gasteiger partial charge is 0.491 e. The van der Waals surface area contributed by atoms with Crippen molar-refractivity contribution in [1.82, 2.24) is 10.2 Å². The molecule has 2 fully saturated rings. The van der Waals surface area contributed by atoms with E-state index in [4.69, 9.17) is 9.31 Å². The number of quaternary nitrogens is 1. The maximum absolute atomic E-state index is 14.4. The third kappa shape index (κ3) is 5.49. The van der Waals surface area contributed by atoms with E-state index >= 15 is 0 Å². The van der Waals surface area contributed by atoms with Crippen molar-refractivity contribution in [1.29, 1.82) is 0 Å². The van der Waals surface area contributed by atoms with Crippen LogP contribution in [0.4, 0.5) is 0 Å². The number of nitrogens with zero attached hydrogens (tertiary/aromatic N) is 2. The quantitative estimate of drug-likeness (QED) is 0.174. The van der Waals surface area contributed by atoms with Crippen molar-refractivity contribution in [3.05, 3.63) is 58.7 Å². The molecule has 4 aliphatic heterocycles. The molecule has 4 heterocycles. The Hall–Kier alpha value is -3.55. The second-order valence-electron chi connectivity index (χ2n) is 11.9. The number of rotatable bonds is 8. The van der Waals surface area contributed by atoms with E-state index in [-0.39, 0.29) is 41.5 Å². The Labute approximate surface area is 249 Å². The van der Waals surface area contributed by atoms with Gasteiger partial charge in [0.25, 0.3) is 11.8 Å². The number of hydrogen-bond donors (Lipinski definition) is 4. The molecule has 2 saturated heterocycles. The first kappa shape index (κ1) is 29.5. The Morgan fingerprint density at radius 2 is 1.58 bits per heavy atom. The zero-order valence-corrected chi connectivity index (χ0v) is 23.9. The molecular formula is C29H34B2N3O9+. The average Bonchev–Trinajstić information content (AvgIpc) is 3.57. The third-order valence-corrected chi connectivity index (χ3v) is 9.17. The molecule has 2 aromatic rings. The number of amides is 3. The first-order valence-corrected chi connectivity index (χ1v) is 14.7. The summed E-state index contributed by atoms with van der Waals surface area (Å²) in [5, 5.41) is 32.8. The van der Waals surface area contributed by atoms with Crippen LogP contribution in [0.5, 0.6) is 0 Å². The van der Waals surface area contributed by atoms with Crippen molar-refractivity contribution in [3.63, 3.8) is 0 Å². The Balaban J connectivity index is 1.32. The van der Waals surface area contributed by atoms with Crippen LogP contribution >= 0.6 is 0 Å². The molecule has 0 saturated carbocycles. The fourth-order valence-electron chi connectivity index (χ4n) is 6.77. The van der Waals surface area contributed by atoms with Gasteiger partial charge in [-0.15, -0.1) is 0 Å². The highest BCUT2D eigenvalue weighted by atomic mass is 16.5. The van der Waals surface area contributed by atoms with Crippen LogP contribution in [0.25, 0.3) is 0 Å². The standard InChI is InChI=1S/C29H33B2N3O9/c1-17(32-27(37)18-5-7-20-15-42-30(40)23(20)12-18)26(28(38)33-9-3-2-4-22(33)14-25(35)36)34(10-11-34)29(39)19-6-8-21-16-43-31(41)24(21)13-19/h5-8,12-13,17,22,26,40-41H,2-4,9-11,14-16H2,1H3,(H-,32,35,36,37)/p+1/t17-,22-,26-/m0/s1. The molecule has 43 heavy (non-hydrogen) atoms. The molecule has 0 bridgehead atoms. The summed E-state index contributed by atoms with van der Waals surface area (Å²) in [6.07, 6.45) is 1.85. The van der Waals surface area contributed by atoms with Crippen LogP contribution < -0.4 is 16.2 Å². The number of fused-ring (bicyclic) bond motifs is 2. The summed E-state index contributed by atoms with van der Waals surface area (Å²) in [6.45, 7) is 3.27. The monoisotopic (exact) mass is 590 g/mol. The zero-order chi connectivity index (χ0) is 30.5. The van der Waals surface area contributed by atoms with Crippen LogP contribution in [0, 0.1) is 0 Å². The minimum Gasteiger partial charge on any atom is -0.481 e. The number of carboxylic acid groups (broad SMARTS) is 1. The van der Waals surface area contributed by atoms with Crippen molar-refractivity contribution in [2.45, 2.75) is 63.9 Å². The number of likely N-dealkylation sites (tertiary alicyclic amines) is 1. The topological polar surface area (TPSA) is 163 Å². The van der Waals surface area contributed by atoms with Crippen molar-refractivity contribution in [2.75, 3.05) is 19.6 Å². The van der Waals surface area contributed by atoms with Gasteiger partial charge in [0.2, 0.25) is 0 Å². The van der Waals surface area contributed by atoms with Crippen LogP contribution in [0.2, 0.25) is 0 Å². The second-order valence-corrected chi connectivity index (χ2v) is 11.9. The molecule has 0 aromatic heterocycles. The third-order valence-electron chi connectivity index (χ3n) is 9.17. The Morgan fingerprint density at radius 1 is 0.977 bits per heavy atom. The lowest BCUT2D eigenvalue weighted by molar-refractivity contribution is -0.733. The van der Waals surface area contributed by atoms with Gasteiger partial charge in [0.1, 0.15) is 13.1 Å². The minimum absolute atomic E-state index is 0.199. The number of piperidine rings is 1. The molecule has 2 aromatic carbocycles. The van der Waals surface area contributed by atoms with E-state index in [2.05, 4.69) is 5.32 Å². The van der Waals surface area contributed by atoms with Gasteiger partial charge in [0.05, 0.1) is 31.2 Å². The lowest BCUT2D eigenvalue weighted by atomic mass is 9.78. The lowest BCUT2D eigenvalue weighted by Gasteiger charge is -2.40. The van der Waals surface area contributed by atoms with Crippen LogP contribution in [0.3, 0.4) is 0 Å². The van der Waals surface area contributed by atoms with Crippen molar-refractivity contribution in [2.24, 2.45) is 0 Å². The molecule has 12 nitrogen and oxygen atoms in total. The van der Waals surface area contributed by atoms with Gasteiger partial charge >= 0.3 is 26.1 Å². The first-order chi connectivity index (χ1) is 20.6. The van der Waals surface area contributed by atoms with Crippen molar-refractivity contribution >= 4 is 48.9 Å². The number of nitrogens with one attached hydrogen (secondary N) is 1. The van der Waals surface area contributed by atoms with Gasteiger partial charge in [-0.3, -0.25) is 14.4 Å². The van der Waals surface area contributed by atoms with Crippen LogP contribution in [-0.2, 0) is 32.1 Å². The Bertz CT molecular complexity index is 1480. The first-order valence-electron chi connectivity index (χ1n) is 14.7. The Morgan fingerprint density at radius 3 is 2.19 bits per heavy atom. The molecule has 4 N–H and O–H groups in total. The normalized spacial score (nSPS) is 21.6. The number of aliphatic carboxylic acids is 1. The summed E-state index contributed by atoms with van der Waals surface area (Å²) in [7, 11) is -2.26. The molecule has 0 radical (unpaired) electrons. The van der Waals surface area contributed by atoms with E-state index in [0.717, 1.165) is 17.5 Å². The summed E-state index contributed by atoms with van der Waals surface area (Å²) < 4.78 is 10.3. The van der Waals surface area contributed by atoms with E-state index in [1.165, 1.54) is 0 Å². The van der Waals surface area contributed by atoms with Gasteiger partial charge in [-0.1, -0.05) is 12.1 Å². The van der Waals surface area contributed by atoms with E-state index in [1.807, 2.05) is 0 Å². The van der Waals surface area contributed by atoms with Crippen LogP contribution in [0.1, 0.15) is 64.4 Å². The van der Waals surface area contributed by atoms with E-state index in [1.54, 1.807) is 48.2 Å². The molecular weight excluding hydrogens is 556 g/mol. The fraction of sp³-hybridized carbons (Fsp3) is 0.448. The van der Waals surface area contributed by atoms with Gasteiger partial charge in [-0.2, -0.15) is 0 Å². The van der Waals surface area contributed by atoms with Crippen molar-refractivity contribution in [3.8, 4) is 0 Å². The average molecular weight is 590 g/mol. The summed E-state index contributed by atoms with van der Waals surface area (Å²) >= 11 is 0. The molecule has 3 amide bonds. The van der Waals surface area contributed by atoms with E-state index in [9.17, 15) is 34.3 Å². The summed E-state index contributed by atoms with van der Waals surface area (Å²) in [5.41, 5.74) is 3.18. The van der Waals surface area contributed by atoms with E-state index in [0.29, 0.717) is 49.0 Å². The number of carbonyl (C=O) groups excluding carboxylic acids is 3. The highest BCUT2D eigenvalue weighted by Gasteiger charge is 2.62. The highest BCUT2D eigenvalue weighted by molar-refractivity contribution is 6.62. The summed E-state index contributed by atoms with van der Waals surface area (Å²) in [4.78, 5) is 55.3. The summed E-state index contributed by atoms with van der Waals surface area (Å²) in [6, 6.07) is 7.57. The van der Waals surface area contributed by atoms with Gasteiger partial charge in [0, 0.05) is 18.2 Å². The molecule has 0 aliphatic carbocycles. The predicted molar refractivity (Wildman–Crippen MR) is 154 cm³/mol. The molecule has 0 unspecified atom stereocenters. The maximum atomic E-state index is 14.4. The summed E-state index contributed by atoms with van der Waals surface area (Å²) in [5.74, 6) is -2.16. The molecule has 6 rings (SSSR count). The van der Waals surface area contributed by atoms with Crippen LogP contribution in [-0.4, -0.2) is 100 Å². The smallest absolute Gasteiger partial charge is 0.481 e. The van der Waals surface area contributed by atoms with Gasteiger partial charge in [0.15, 0.2) is 6.04 Å². The number of carbonyl (C=O) groups is 4. The molecule has 224 valence electrons. The zero-order valence-electron chi connectivity index (χ0n) is 23.9.